The standard InChI is InChI=1S/C43H40N6O4/c1-4-53-39(50)29-48-38(40(30(2)45-48)42(51)52-3)28-31-24-26-32(27-25-31)36-22-14-15-23-37(36)41-44-47-49(46-41)43(33-16-8-5-9-17-33,34-18-10-6-11-19-34)35-20-12-7-13-21-35/h5-27,38,45H,4,28-29H2,1-3H3. The molecule has 10 nitrogen and oxygen atoms in total. The van der Waals surface area contributed by atoms with Gasteiger partial charge in [0.2, 0.25) is 5.82 Å². The van der Waals surface area contributed by atoms with Crippen LogP contribution >= 0.6 is 0 Å². The largest absolute Gasteiger partial charge is 0.466 e. The van der Waals surface area contributed by atoms with Crippen molar-refractivity contribution in [2.45, 2.75) is 31.8 Å². The van der Waals surface area contributed by atoms with E-state index in [0.717, 1.165) is 38.9 Å². The number of hydrazine groups is 1. The minimum atomic E-state index is -0.891. The molecule has 1 N–H and O–H groups in total. The summed E-state index contributed by atoms with van der Waals surface area (Å²) in [7, 11) is 1.36. The molecule has 0 spiro atoms. The second-order valence-electron chi connectivity index (χ2n) is 12.7. The molecule has 0 radical (unpaired) electrons. The summed E-state index contributed by atoms with van der Waals surface area (Å²) in [5.74, 6) is -0.324. The zero-order valence-corrected chi connectivity index (χ0v) is 29.8. The lowest BCUT2D eigenvalue weighted by Gasteiger charge is -2.34. The maximum absolute atomic E-state index is 12.8. The number of rotatable bonds is 12. The first kappa shape index (κ1) is 35.0. The molecule has 6 aromatic rings. The van der Waals surface area contributed by atoms with Crippen molar-refractivity contribution < 1.29 is 19.1 Å². The van der Waals surface area contributed by atoms with Crippen LogP contribution in [0.25, 0.3) is 22.5 Å². The number of nitrogens with zero attached hydrogens (tertiary/aromatic N) is 5. The summed E-state index contributed by atoms with van der Waals surface area (Å²) in [5.41, 5.74) is 10.1. The van der Waals surface area contributed by atoms with Crippen LogP contribution < -0.4 is 5.43 Å². The Balaban J connectivity index is 1.24. The molecule has 53 heavy (non-hydrogen) atoms. The molecule has 2 heterocycles. The maximum Gasteiger partial charge on any atom is 0.337 e. The van der Waals surface area contributed by atoms with Crippen LogP contribution in [0, 0.1) is 0 Å². The Morgan fingerprint density at radius 3 is 1.85 bits per heavy atom. The smallest absolute Gasteiger partial charge is 0.337 e. The Bertz CT molecular complexity index is 2120. The Morgan fingerprint density at radius 1 is 0.755 bits per heavy atom. The lowest BCUT2D eigenvalue weighted by molar-refractivity contribution is -0.146. The second kappa shape index (κ2) is 15.5. The van der Waals surface area contributed by atoms with Crippen LogP contribution in [-0.2, 0) is 31.0 Å². The third-order valence-corrected chi connectivity index (χ3v) is 9.59. The van der Waals surface area contributed by atoms with Gasteiger partial charge < -0.3 is 14.9 Å². The molecule has 0 saturated heterocycles. The molecule has 1 aliphatic heterocycles. The Labute approximate surface area is 308 Å². The molecule has 7 rings (SSSR count). The van der Waals surface area contributed by atoms with E-state index in [1.54, 1.807) is 23.7 Å². The summed E-state index contributed by atoms with van der Waals surface area (Å²) >= 11 is 0. The summed E-state index contributed by atoms with van der Waals surface area (Å²) in [4.78, 5) is 27.0. The van der Waals surface area contributed by atoms with Crippen molar-refractivity contribution >= 4 is 11.9 Å². The number of ether oxygens (including phenoxy) is 2. The number of allylic oxidation sites excluding steroid dienone is 1. The number of carbonyl (C=O) groups excluding carboxylic acids is 2. The summed E-state index contributed by atoms with van der Waals surface area (Å²) in [6.45, 7) is 3.82. The fourth-order valence-electron chi connectivity index (χ4n) is 7.19. The van der Waals surface area contributed by atoms with Crippen molar-refractivity contribution in [3.05, 3.63) is 173 Å². The zero-order chi connectivity index (χ0) is 36.8. The second-order valence-corrected chi connectivity index (χ2v) is 12.7. The lowest BCUT2D eigenvalue weighted by atomic mass is 9.77. The highest BCUT2D eigenvalue weighted by atomic mass is 16.5. The van der Waals surface area contributed by atoms with Crippen LogP contribution in [0.2, 0.25) is 0 Å². The number of nitrogens with one attached hydrogen (secondary N) is 1. The molecule has 0 saturated carbocycles. The van der Waals surface area contributed by atoms with E-state index in [2.05, 4.69) is 46.9 Å². The summed E-state index contributed by atoms with van der Waals surface area (Å²) < 4.78 is 10.3. The Hall–Kier alpha value is -6.39. The van der Waals surface area contributed by atoms with Gasteiger partial charge in [0.05, 0.1) is 25.3 Å². The SMILES string of the molecule is CCOC(=O)CN1NC(C)=C(C(=O)OC)C1Cc1ccc(-c2ccccc2-c2nnn(C(c3ccccc3)(c3ccccc3)c3ccccc3)n2)cc1. The van der Waals surface area contributed by atoms with Gasteiger partial charge in [0.1, 0.15) is 6.54 Å². The van der Waals surface area contributed by atoms with E-state index < -0.39 is 17.6 Å². The molecule has 0 aliphatic carbocycles. The number of aromatic nitrogens is 4. The van der Waals surface area contributed by atoms with Gasteiger partial charge in [0.25, 0.3) is 0 Å². The van der Waals surface area contributed by atoms with Crippen LogP contribution in [0.15, 0.2) is 151 Å². The molecule has 1 unspecified atom stereocenters. The molecule has 266 valence electrons. The molecule has 1 atom stereocenters. The zero-order valence-electron chi connectivity index (χ0n) is 29.8. The predicted octanol–water partition coefficient (Wildman–Crippen LogP) is 6.59. The van der Waals surface area contributed by atoms with Gasteiger partial charge in [0, 0.05) is 11.3 Å². The average Bonchev–Trinajstić information content (AvgIpc) is 3.81. The molecular formula is C43H40N6O4. The van der Waals surface area contributed by atoms with Crippen molar-refractivity contribution in [1.29, 1.82) is 0 Å². The lowest BCUT2D eigenvalue weighted by Crippen LogP contribution is -2.44. The summed E-state index contributed by atoms with van der Waals surface area (Å²) in [6.07, 6.45) is 0.465. The van der Waals surface area contributed by atoms with Gasteiger partial charge >= 0.3 is 11.9 Å². The highest BCUT2D eigenvalue weighted by Gasteiger charge is 2.41. The molecule has 1 aliphatic rings. The molecule has 1 aromatic heterocycles. The highest BCUT2D eigenvalue weighted by Crippen LogP contribution is 2.40. The van der Waals surface area contributed by atoms with E-state index in [0.29, 0.717) is 23.5 Å². The maximum atomic E-state index is 12.8. The fraction of sp³-hybridized carbons (Fsp3) is 0.186. The first-order valence-corrected chi connectivity index (χ1v) is 17.6. The van der Waals surface area contributed by atoms with E-state index in [1.165, 1.54) is 7.11 Å². The molecular weight excluding hydrogens is 665 g/mol. The van der Waals surface area contributed by atoms with E-state index in [9.17, 15) is 9.59 Å². The number of benzene rings is 5. The quantitative estimate of drug-likeness (QED) is 0.111. The highest BCUT2D eigenvalue weighted by molar-refractivity contribution is 5.91. The van der Waals surface area contributed by atoms with Crippen LogP contribution in [-0.4, -0.2) is 63.5 Å². The van der Waals surface area contributed by atoms with Crippen LogP contribution in [0.3, 0.4) is 0 Å². The monoisotopic (exact) mass is 704 g/mol. The van der Waals surface area contributed by atoms with Gasteiger partial charge in [-0.05, 0) is 58.9 Å². The summed E-state index contributed by atoms with van der Waals surface area (Å²) in [6, 6.07) is 46.5. The van der Waals surface area contributed by atoms with Crippen LogP contribution in [0.1, 0.15) is 36.1 Å². The van der Waals surface area contributed by atoms with Crippen molar-refractivity contribution in [2.75, 3.05) is 20.3 Å². The summed E-state index contributed by atoms with van der Waals surface area (Å²) in [5, 5.41) is 16.3. The topological polar surface area (TPSA) is 111 Å². The number of hydrogen-bond donors (Lipinski definition) is 1. The molecule has 10 heteroatoms. The van der Waals surface area contributed by atoms with Gasteiger partial charge in [-0.3, -0.25) is 4.79 Å². The van der Waals surface area contributed by atoms with E-state index >= 15 is 0 Å². The molecule has 0 amide bonds. The van der Waals surface area contributed by atoms with Gasteiger partial charge in [-0.2, -0.15) is 0 Å². The minimum absolute atomic E-state index is 0.0183. The number of hydrogen-bond acceptors (Lipinski definition) is 9. The van der Waals surface area contributed by atoms with Gasteiger partial charge in [-0.1, -0.05) is 140 Å². The molecule has 0 fully saturated rings. The first-order valence-electron chi connectivity index (χ1n) is 17.6. The predicted molar refractivity (Wildman–Crippen MR) is 202 cm³/mol. The van der Waals surface area contributed by atoms with Crippen molar-refractivity contribution in [1.82, 2.24) is 30.6 Å². The molecule has 0 bridgehead atoms. The Morgan fingerprint density at radius 2 is 1.30 bits per heavy atom. The number of esters is 2. The minimum Gasteiger partial charge on any atom is -0.466 e. The van der Waals surface area contributed by atoms with Gasteiger partial charge in [-0.25, -0.2) is 9.80 Å². The number of tetrazole rings is 1. The third-order valence-electron chi connectivity index (χ3n) is 9.59. The van der Waals surface area contributed by atoms with Crippen LogP contribution in [0.4, 0.5) is 0 Å². The van der Waals surface area contributed by atoms with Crippen molar-refractivity contribution in [3.8, 4) is 22.5 Å². The van der Waals surface area contributed by atoms with E-state index in [4.69, 9.17) is 19.8 Å². The average molecular weight is 705 g/mol. The molecule has 5 aromatic carbocycles. The normalized spacial score (nSPS) is 14.5. The Kier molecular flexibility index (Phi) is 10.2. The third kappa shape index (κ3) is 6.84. The van der Waals surface area contributed by atoms with E-state index in [-0.39, 0.29) is 19.1 Å². The van der Waals surface area contributed by atoms with Gasteiger partial charge in [0.15, 0.2) is 5.54 Å². The van der Waals surface area contributed by atoms with Crippen LogP contribution in [0.5, 0.6) is 0 Å². The number of methoxy groups -OCH3 is 1. The van der Waals surface area contributed by atoms with Crippen molar-refractivity contribution in [2.24, 2.45) is 0 Å². The number of carbonyl (C=O) groups is 2. The van der Waals surface area contributed by atoms with Gasteiger partial charge in [-0.15, -0.1) is 15.0 Å². The van der Waals surface area contributed by atoms with E-state index in [1.807, 2.05) is 103 Å². The van der Waals surface area contributed by atoms with Crippen molar-refractivity contribution in [3.63, 3.8) is 0 Å². The first-order chi connectivity index (χ1) is 25.9. The fourth-order valence-corrected chi connectivity index (χ4v) is 7.19.